The molecule has 6 nitrogen and oxygen atoms in total. The van der Waals surface area contributed by atoms with Crippen molar-refractivity contribution in [3.63, 3.8) is 0 Å². The smallest absolute Gasteiger partial charge is 0.341 e. The number of hydrogen-bond acceptors (Lipinski definition) is 6. The van der Waals surface area contributed by atoms with Crippen LogP contribution in [0.15, 0.2) is 6.07 Å². The lowest BCUT2D eigenvalue weighted by Gasteiger charge is -2.34. The van der Waals surface area contributed by atoms with E-state index in [1.807, 2.05) is 20.8 Å². The standard InChI is InChI=1S/C16H24N2O4S/c1-5-21-16(20)13-6-12(4)23-15(13)17-14(19)9-18-7-10(2)22-11(3)8-18/h6,10-11H,5,7-9H2,1-4H3,(H,17,19)/t10-,11-/m1/s1. The minimum atomic E-state index is -0.402. The zero-order valence-corrected chi connectivity index (χ0v) is 14.9. The van der Waals surface area contributed by atoms with Crippen molar-refractivity contribution in [1.29, 1.82) is 0 Å². The van der Waals surface area contributed by atoms with Gasteiger partial charge in [0, 0.05) is 18.0 Å². The molecule has 2 rings (SSSR count). The summed E-state index contributed by atoms with van der Waals surface area (Å²) in [6.45, 7) is 9.72. The van der Waals surface area contributed by atoms with Gasteiger partial charge in [-0.05, 0) is 33.8 Å². The molecule has 2 heterocycles. The maximum absolute atomic E-state index is 12.3. The highest BCUT2D eigenvalue weighted by Crippen LogP contribution is 2.28. The SMILES string of the molecule is CCOC(=O)c1cc(C)sc1NC(=O)CN1C[C@@H](C)O[C@H](C)C1. The van der Waals surface area contributed by atoms with Crippen molar-refractivity contribution < 1.29 is 19.1 Å². The van der Waals surface area contributed by atoms with Gasteiger partial charge >= 0.3 is 5.97 Å². The van der Waals surface area contributed by atoms with Gasteiger partial charge in [0.25, 0.3) is 0 Å². The fraction of sp³-hybridized carbons (Fsp3) is 0.625. The first-order valence-electron chi connectivity index (χ1n) is 7.84. The summed E-state index contributed by atoms with van der Waals surface area (Å²) in [5.41, 5.74) is 0.423. The van der Waals surface area contributed by atoms with Crippen molar-refractivity contribution in [2.24, 2.45) is 0 Å². The Balaban J connectivity index is 1.99. The largest absolute Gasteiger partial charge is 0.462 e. The quantitative estimate of drug-likeness (QED) is 0.833. The molecule has 1 saturated heterocycles. The van der Waals surface area contributed by atoms with E-state index in [0.717, 1.165) is 18.0 Å². The molecule has 0 radical (unpaired) electrons. The number of amides is 1. The maximum atomic E-state index is 12.3. The number of esters is 1. The number of aryl methyl sites for hydroxylation is 1. The first kappa shape index (κ1) is 17.9. The van der Waals surface area contributed by atoms with Crippen molar-refractivity contribution in [1.82, 2.24) is 4.90 Å². The molecule has 1 aliphatic heterocycles. The minimum Gasteiger partial charge on any atom is -0.462 e. The van der Waals surface area contributed by atoms with Crippen molar-refractivity contribution in [2.45, 2.75) is 39.9 Å². The van der Waals surface area contributed by atoms with E-state index < -0.39 is 5.97 Å². The van der Waals surface area contributed by atoms with E-state index >= 15 is 0 Å². The van der Waals surface area contributed by atoms with Crippen LogP contribution in [0.25, 0.3) is 0 Å². The predicted octanol–water partition coefficient (Wildman–Crippen LogP) is 2.28. The maximum Gasteiger partial charge on any atom is 0.341 e. The summed E-state index contributed by atoms with van der Waals surface area (Å²) in [6.07, 6.45) is 0.233. The normalized spacial score (nSPS) is 21.9. The van der Waals surface area contributed by atoms with Crippen LogP contribution in [0.3, 0.4) is 0 Å². The van der Waals surface area contributed by atoms with Gasteiger partial charge in [0.2, 0.25) is 5.91 Å². The third-order valence-corrected chi connectivity index (χ3v) is 4.43. The number of carbonyl (C=O) groups excluding carboxylic acids is 2. The number of nitrogens with one attached hydrogen (secondary N) is 1. The van der Waals surface area contributed by atoms with E-state index in [1.165, 1.54) is 11.3 Å². The number of rotatable bonds is 5. The number of anilines is 1. The summed E-state index contributed by atoms with van der Waals surface area (Å²) in [5.74, 6) is -0.528. The summed E-state index contributed by atoms with van der Waals surface area (Å²) in [7, 11) is 0. The van der Waals surface area contributed by atoms with Gasteiger partial charge in [0.1, 0.15) is 5.00 Å². The number of hydrogen-bond donors (Lipinski definition) is 1. The molecule has 7 heteroatoms. The van der Waals surface area contributed by atoms with Gasteiger partial charge in [0.15, 0.2) is 0 Å². The van der Waals surface area contributed by atoms with Gasteiger partial charge < -0.3 is 14.8 Å². The second kappa shape index (κ2) is 7.90. The number of carbonyl (C=O) groups is 2. The molecule has 1 aliphatic rings. The number of thiophene rings is 1. The first-order chi connectivity index (χ1) is 10.9. The molecule has 1 N–H and O–H groups in total. The molecule has 0 spiro atoms. The lowest BCUT2D eigenvalue weighted by molar-refractivity contribution is -0.121. The Hall–Kier alpha value is -1.44. The molecule has 128 valence electrons. The van der Waals surface area contributed by atoms with E-state index in [0.29, 0.717) is 17.2 Å². The molecule has 0 aromatic carbocycles. The second-order valence-electron chi connectivity index (χ2n) is 5.82. The number of nitrogens with zero attached hydrogens (tertiary/aromatic N) is 1. The van der Waals surface area contributed by atoms with Gasteiger partial charge in [0.05, 0.1) is 30.9 Å². The summed E-state index contributed by atoms with van der Waals surface area (Å²) in [5, 5.41) is 3.40. The molecule has 1 amide bonds. The van der Waals surface area contributed by atoms with Gasteiger partial charge in [-0.25, -0.2) is 4.79 Å². The highest BCUT2D eigenvalue weighted by atomic mass is 32.1. The van der Waals surface area contributed by atoms with Gasteiger partial charge in [-0.1, -0.05) is 0 Å². The van der Waals surface area contributed by atoms with Gasteiger partial charge in [-0.3, -0.25) is 9.69 Å². The lowest BCUT2D eigenvalue weighted by atomic mass is 10.2. The lowest BCUT2D eigenvalue weighted by Crippen LogP contribution is -2.48. The van der Waals surface area contributed by atoms with Crippen LogP contribution in [-0.4, -0.2) is 55.2 Å². The Labute approximate surface area is 140 Å². The Bertz CT molecular complexity index is 562. The van der Waals surface area contributed by atoms with E-state index in [1.54, 1.807) is 13.0 Å². The fourth-order valence-corrected chi connectivity index (χ4v) is 3.67. The van der Waals surface area contributed by atoms with Gasteiger partial charge in [-0.2, -0.15) is 0 Å². The van der Waals surface area contributed by atoms with E-state index in [2.05, 4.69) is 10.2 Å². The summed E-state index contributed by atoms with van der Waals surface area (Å²) < 4.78 is 10.7. The van der Waals surface area contributed by atoms with Crippen molar-refractivity contribution >= 4 is 28.2 Å². The summed E-state index contributed by atoms with van der Waals surface area (Å²) in [6, 6.07) is 1.75. The molecule has 1 aromatic rings. The summed E-state index contributed by atoms with van der Waals surface area (Å²) in [4.78, 5) is 27.3. The summed E-state index contributed by atoms with van der Waals surface area (Å²) >= 11 is 1.38. The van der Waals surface area contributed by atoms with Crippen molar-refractivity contribution in [3.05, 3.63) is 16.5 Å². The van der Waals surface area contributed by atoms with E-state index in [4.69, 9.17) is 9.47 Å². The van der Waals surface area contributed by atoms with Crippen LogP contribution < -0.4 is 5.32 Å². The Morgan fingerprint density at radius 1 is 1.39 bits per heavy atom. The van der Waals surface area contributed by atoms with Crippen molar-refractivity contribution in [2.75, 3.05) is 31.6 Å². The minimum absolute atomic E-state index is 0.116. The third-order valence-electron chi connectivity index (χ3n) is 3.47. The van der Waals surface area contributed by atoms with Crippen molar-refractivity contribution in [3.8, 4) is 0 Å². The molecule has 0 unspecified atom stereocenters. The van der Waals surface area contributed by atoms with Gasteiger partial charge in [-0.15, -0.1) is 11.3 Å². The molecule has 1 aromatic heterocycles. The van der Waals surface area contributed by atoms with Crippen LogP contribution in [0, 0.1) is 6.92 Å². The van der Waals surface area contributed by atoms with Crippen LogP contribution >= 0.6 is 11.3 Å². The van der Waals surface area contributed by atoms with Crippen LogP contribution in [0.4, 0.5) is 5.00 Å². The Morgan fingerprint density at radius 2 is 2.04 bits per heavy atom. The molecular weight excluding hydrogens is 316 g/mol. The topological polar surface area (TPSA) is 67.9 Å². The molecule has 0 saturated carbocycles. The molecule has 2 atom stereocenters. The molecule has 0 aliphatic carbocycles. The second-order valence-corrected chi connectivity index (χ2v) is 7.08. The number of ether oxygens (including phenoxy) is 2. The molecular formula is C16H24N2O4S. The van der Waals surface area contributed by atoms with E-state index in [-0.39, 0.29) is 24.7 Å². The average molecular weight is 340 g/mol. The number of morpholine rings is 1. The average Bonchev–Trinajstić information content (AvgIpc) is 2.78. The zero-order valence-electron chi connectivity index (χ0n) is 14.0. The van der Waals surface area contributed by atoms with E-state index in [9.17, 15) is 9.59 Å². The fourth-order valence-electron chi connectivity index (χ4n) is 2.75. The van der Waals surface area contributed by atoms with Crippen LogP contribution in [0.5, 0.6) is 0 Å². The Morgan fingerprint density at radius 3 is 2.65 bits per heavy atom. The molecule has 23 heavy (non-hydrogen) atoms. The zero-order chi connectivity index (χ0) is 17.0. The van der Waals surface area contributed by atoms with Crippen LogP contribution in [0.1, 0.15) is 36.0 Å². The van der Waals surface area contributed by atoms with Crippen LogP contribution in [-0.2, 0) is 14.3 Å². The third kappa shape index (κ3) is 5.02. The molecule has 1 fully saturated rings. The highest BCUT2D eigenvalue weighted by molar-refractivity contribution is 7.16. The first-order valence-corrected chi connectivity index (χ1v) is 8.66. The highest BCUT2D eigenvalue weighted by Gasteiger charge is 2.24. The Kier molecular flexibility index (Phi) is 6.15. The predicted molar refractivity (Wildman–Crippen MR) is 90.1 cm³/mol. The van der Waals surface area contributed by atoms with Crippen LogP contribution in [0.2, 0.25) is 0 Å². The monoisotopic (exact) mass is 340 g/mol. The molecule has 0 bridgehead atoms.